The van der Waals surface area contributed by atoms with Gasteiger partial charge in [0, 0.05) is 23.5 Å². The molecule has 16 heteroatoms. The highest BCUT2D eigenvalue weighted by atomic mass is 35.9. The van der Waals surface area contributed by atoms with Gasteiger partial charge in [0.25, 0.3) is 12.5 Å². The van der Waals surface area contributed by atoms with Crippen LogP contribution >= 0.6 is 28.6 Å². The molecule has 2 aliphatic rings. The summed E-state index contributed by atoms with van der Waals surface area (Å²) in [6, 6.07) is 6.96. The number of aliphatic hydroxyl groups excluding tert-OH is 5. The second-order valence-corrected chi connectivity index (χ2v) is 13.4. The Morgan fingerprint density at radius 1 is 0.857 bits per heavy atom. The van der Waals surface area contributed by atoms with E-state index >= 15 is 0 Å². The molecule has 2 saturated heterocycles. The van der Waals surface area contributed by atoms with E-state index in [9.17, 15) is 25.0 Å². The maximum Gasteiger partial charge on any atom is 0.380 e. The van der Waals surface area contributed by atoms with Gasteiger partial charge in [0.1, 0.15) is 24.4 Å². The fourth-order valence-corrected chi connectivity index (χ4v) is 4.74. The van der Waals surface area contributed by atoms with E-state index in [1.54, 1.807) is 58.2 Å². The first-order valence-electron chi connectivity index (χ1n) is 11.9. The van der Waals surface area contributed by atoms with E-state index in [-0.39, 0.29) is 28.1 Å². The highest BCUT2D eigenvalue weighted by Gasteiger charge is 2.49. The van der Waals surface area contributed by atoms with Crippen LogP contribution in [0, 0.1) is 0 Å². The van der Waals surface area contributed by atoms with E-state index in [4.69, 9.17) is 53.1 Å². The van der Waals surface area contributed by atoms with Crippen molar-refractivity contribution in [1.82, 2.24) is 0 Å². The molecule has 4 heterocycles. The van der Waals surface area contributed by atoms with Crippen LogP contribution in [0.15, 0.2) is 62.2 Å². The molecule has 0 aromatic carbocycles. The second-order valence-electron chi connectivity index (χ2n) is 9.12. The van der Waals surface area contributed by atoms with E-state index < -0.39 is 55.2 Å². The van der Waals surface area contributed by atoms with Crippen LogP contribution in [-0.4, -0.2) is 75.4 Å². The van der Waals surface area contributed by atoms with Gasteiger partial charge in [0.05, 0.1) is 24.3 Å². The Balaban J connectivity index is 0.000000408. The first-order valence-corrected chi connectivity index (χ1v) is 15.4. The van der Waals surface area contributed by atoms with Gasteiger partial charge in [-0.3, -0.25) is 4.57 Å². The Morgan fingerprint density at radius 3 is 1.62 bits per heavy atom. The predicted molar refractivity (Wildman–Crippen MR) is 157 cm³/mol. The molecule has 2 fully saturated rings. The molecular formula is C26H41Cl2N4O9P+2. The van der Waals surface area contributed by atoms with Gasteiger partial charge in [-0.15, -0.1) is 0 Å². The van der Waals surface area contributed by atoms with Gasteiger partial charge in [-0.2, -0.15) is 9.13 Å². The highest BCUT2D eigenvalue weighted by molar-refractivity contribution is 8.05. The van der Waals surface area contributed by atoms with Gasteiger partial charge in [-0.05, 0) is 34.6 Å². The molecule has 2 aromatic heterocycles. The van der Waals surface area contributed by atoms with Crippen LogP contribution in [0.5, 0.6) is 0 Å². The number of halogens is 2. The topological polar surface area (TPSA) is 206 Å². The van der Waals surface area contributed by atoms with E-state index in [0.717, 1.165) is 0 Å². The van der Waals surface area contributed by atoms with Crippen molar-refractivity contribution < 1.29 is 53.2 Å². The first kappa shape index (κ1) is 37.9. The summed E-state index contributed by atoms with van der Waals surface area (Å²) in [5.74, 6) is 0. The van der Waals surface area contributed by atoms with Gasteiger partial charge < -0.3 is 51.0 Å². The number of hydrogen-bond acceptors (Lipinski definition) is 11. The predicted octanol–water partition coefficient (Wildman–Crippen LogP) is 0.912. The van der Waals surface area contributed by atoms with Crippen LogP contribution in [0.1, 0.15) is 38.4 Å². The van der Waals surface area contributed by atoms with Gasteiger partial charge in [0.15, 0.2) is 37.0 Å². The summed E-state index contributed by atoms with van der Waals surface area (Å²) in [6.07, 6.45) is -5.14. The number of ether oxygens (including phenoxy) is 2. The Hall–Kier alpha value is -2.13. The molecule has 2 aromatic rings. The highest BCUT2D eigenvalue weighted by Crippen LogP contribution is 2.57. The van der Waals surface area contributed by atoms with Crippen LogP contribution in [0.4, 0.5) is 0 Å². The lowest BCUT2D eigenvalue weighted by Crippen LogP contribution is -2.46. The average molecular weight is 656 g/mol. The summed E-state index contributed by atoms with van der Waals surface area (Å²) in [7, 11) is 0. The Morgan fingerprint density at radius 2 is 1.26 bits per heavy atom. The quantitative estimate of drug-likeness (QED) is 0.157. The van der Waals surface area contributed by atoms with Crippen LogP contribution in [-0.2, 0) is 18.6 Å². The van der Waals surface area contributed by atoms with Crippen LogP contribution in [0.25, 0.3) is 11.4 Å². The minimum absolute atomic E-state index is 0. The largest absolute Gasteiger partial charge is 0.399 e. The van der Waals surface area contributed by atoms with Crippen LogP contribution in [0.2, 0.25) is 0 Å². The Bertz CT molecular complexity index is 1250. The maximum absolute atomic E-state index is 11.1. The van der Waals surface area contributed by atoms with Crippen molar-refractivity contribution in [2.75, 3.05) is 13.2 Å². The van der Waals surface area contributed by atoms with Crippen LogP contribution in [0.3, 0.4) is 0 Å². The molecule has 2 unspecified atom stereocenters. The van der Waals surface area contributed by atoms with Crippen LogP contribution < -0.4 is 20.6 Å². The molecule has 0 radical (unpaired) electrons. The van der Waals surface area contributed by atoms with Crippen molar-refractivity contribution in [2.45, 2.75) is 63.9 Å². The molecule has 8 atom stereocenters. The minimum atomic E-state index is -3.74. The first-order chi connectivity index (χ1) is 18.7. The Kier molecular flexibility index (Phi) is 14.5. The fraction of sp³-hybridized carbons (Fsp3) is 0.462. The van der Waals surface area contributed by atoms with Crippen molar-refractivity contribution in [3.05, 3.63) is 73.3 Å². The molecule has 9 N–H and O–H groups in total. The van der Waals surface area contributed by atoms with Crippen molar-refractivity contribution in [3.8, 4) is 0 Å². The molecule has 13 nitrogen and oxygen atoms in total. The third kappa shape index (κ3) is 9.43. The second kappa shape index (κ2) is 16.1. The van der Waals surface area contributed by atoms with Gasteiger partial charge >= 0.3 is 6.07 Å². The molecule has 4 rings (SSSR count). The molecule has 0 saturated carbocycles. The number of hydrogen-bond donors (Lipinski definition) is 7. The fourth-order valence-electron chi connectivity index (χ4n) is 4.08. The van der Waals surface area contributed by atoms with E-state index in [1.807, 2.05) is 0 Å². The summed E-state index contributed by atoms with van der Waals surface area (Å²) in [5, 5.41) is 48.7. The van der Waals surface area contributed by atoms with Crippen molar-refractivity contribution in [2.24, 2.45) is 11.5 Å². The zero-order valence-corrected chi connectivity index (χ0v) is 23.6. The lowest BCUT2D eigenvalue weighted by atomic mass is 10.1. The standard InChI is InChI=1S/C12H16Cl2N2O5P.C12H17N2O4.2CH4/c1-7(15)8-3-2-4-16(5-8)12-11(18)10(17)9(21-12)6-20-22(13,14)19;1-7(13)8-3-2-4-14(5-8)12-11(17)10(16)9(6-15)18-12;;/h2-5,9-12,17-18H,1,6,15H2;2-5,9-12,15-17H,1,6,13H2;2*1H4/q2*+1;;/t2*9-,10-,11-,12?;;/m11../s1. The smallest absolute Gasteiger partial charge is 0.380 e. The number of aliphatic hydroxyl groups is 5. The summed E-state index contributed by atoms with van der Waals surface area (Å²) < 4.78 is 29.9. The lowest BCUT2D eigenvalue weighted by Gasteiger charge is -2.13. The zero-order chi connectivity index (χ0) is 29.8. The summed E-state index contributed by atoms with van der Waals surface area (Å²) in [6.45, 7) is 6.59. The van der Waals surface area contributed by atoms with E-state index in [0.29, 0.717) is 22.5 Å². The third-order valence-electron chi connectivity index (χ3n) is 6.22. The molecule has 0 bridgehead atoms. The monoisotopic (exact) mass is 654 g/mol. The summed E-state index contributed by atoms with van der Waals surface area (Å²) >= 11 is 10.5. The molecule has 42 heavy (non-hydrogen) atoms. The molecule has 0 aliphatic carbocycles. The van der Waals surface area contributed by atoms with Gasteiger partial charge in [-0.25, -0.2) is 0 Å². The van der Waals surface area contributed by atoms with E-state index in [1.165, 1.54) is 0 Å². The molecule has 236 valence electrons. The number of nitrogens with two attached hydrogens (primary N) is 2. The third-order valence-corrected chi connectivity index (χ3v) is 7.25. The molecule has 2 aliphatic heterocycles. The van der Waals surface area contributed by atoms with Crippen molar-refractivity contribution >= 4 is 39.9 Å². The summed E-state index contributed by atoms with van der Waals surface area (Å²) in [4.78, 5) is 0. The average Bonchev–Trinajstić information content (AvgIpc) is 3.37. The van der Waals surface area contributed by atoms with E-state index in [2.05, 4.69) is 13.2 Å². The number of pyridine rings is 2. The van der Waals surface area contributed by atoms with Crippen molar-refractivity contribution in [1.29, 1.82) is 0 Å². The number of nitrogens with zero attached hydrogens (tertiary/aromatic N) is 2. The summed E-state index contributed by atoms with van der Waals surface area (Å²) in [5.41, 5.74) is 13.3. The molecule has 0 amide bonds. The van der Waals surface area contributed by atoms with Gasteiger partial charge in [-0.1, -0.05) is 28.0 Å². The SMILES string of the molecule is C.C.C=C(N)c1ccc[n+](C2O[C@H](CO)[C@@H](O)[C@H]2O)c1.C=C(N)c1ccc[n+](C2O[C@H](COP(=O)(Cl)Cl)[C@@H](O)[C@H]2O)c1. The zero-order valence-electron chi connectivity index (χ0n) is 21.2. The normalized spacial score (nSPS) is 28.5. The number of rotatable bonds is 8. The Labute approximate surface area is 254 Å². The van der Waals surface area contributed by atoms with Crippen molar-refractivity contribution in [3.63, 3.8) is 0 Å². The minimum Gasteiger partial charge on any atom is -0.399 e. The molecular weight excluding hydrogens is 614 g/mol. The van der Waals surface area contributed by atoms with Gasteiger partial charge in [0.2, 0.25) is 0 Å². The lowest BCUT2D eigenvalue weighted by molar-refractivity contribution is -0.766. The molecule has 0 spiro atoms. The maximum atomic E-state index is 11.1. The number of aromatic nitrogens is 2.